The van der Waals surface area contributed by atoms with Crippen LogP contribution in [0.4, 0.5) is 5.69 Å². The first-order chi connectivity index (χ1) is 15.9. The van der Waals surface area contributed by atoms with Crippen molar-refractivity contribution < 1.29 is 23.4 Å². The van der Waals surface area contributed by atoms with E-state index in [2.05, 4.69) is 15.4 Å². The van der Waals surface area contributed by atoms with Gasteiger partial charge in [0, 0.05) is 17.7 Å². The minimum absolute atomic E-state index is 0.00500. The number of aryl methyl sites for hydroxylation is 1. The lowest BCUT2D eigenvalue weighted by molar-refractivity contribution is -0.384. The van der Waals surface area contributed by atoms with Crippen molar-refractivity contribution in [1.82, 2.24) is 15.4 Å². The smallest absolute Gasteiger partial charge is 0.331 e. The largest absolute Gasteiger partial charge is 0.452 e. The molecule has 0 saturated carbocycles. The summed E-state index contributed by atoms with van der Waals surface area (Å²) in [4.78, 5) is 22.4. The number of carbonyl (C=O) groups excluding carboxylic acids is 1. The molecule has 0 aliphatic heterocycles. The zero-order valence-corrected chi connectivity index (χ0v) is 17.9. The topological polar surface area (TPSA) is 134 Å². The van der Waals surface area contributed by atoms with Gasteiger partial charge >= 0.3 is 5.97 Å². The number of hydrogen-bond donors (Lipinski definition) is 0. The lowest BCUT2D eigenvalue weighted by Crippen LogP contribution is -2.01. The van der Waals surface area contributed by atoms with Crippen molar-refractivity contribution in [2.24, 2.45) is 0 Å². The summed E-state index contributed by atoms with van der Waals surface area (Å²) in [5.41, 5.74) is 2.09. The minimum Gasteiger partial charge on any atom is -0.452 e. The molecule has 2 aromatic heterocycles. The first-order valence-electron chi connectivity index (χ1n) is 9.55. The molecule has 2 aromatic carbocycles. The van der Waals surface area contributed by atoms with E-state index in [-0.39, 0.29) is 29.1 Å². The van der Waals surface area contributed by atoms with E-state index in [4.69, 9.17) is 25.3 Å². The fourth-order valence-corrected chi connectivity index (χ4v) is 3.14. The fourth-order valence-electron chi connectivity index (χ4n) is 2.95. The summed E-state index contributed by atoms with van der Waals surface area (Å²) in [6, 6.07) is 13.5. The molecular weight excluding hydrogens is 452 g/mol. The van der Waals surface area contributed by atoms with E-state index in [0.29, 0.717) is 22.6 Å². The van der Waals surface area contributed by atoms with Crippen molar-refractivity contribution in [3.63, 3.8) is 0 Å². The number of benzene rings is 2. The zero-order chi connectivity index (χ0) is 23.4. The first-order valence-corrected chi connectivity index (χ1v) is 9.93. The highest BCUT2D eigenvalue weighted by molar-refractivity contribution is 6.32. The molecule has 0 aliphatic rings. The Hall–Kier alpha value is -4.31. The third-order valence-electron chi connectivity index (χ3n) is 4.51. The molecule has 0 atom stereocenters. The van der Waals surface area contributed by atoms with Crippen molar-refractivity contribution in [3.05, 3.63) is 87.0 Å². The van der Waals surface area contributed by atoms with Gasteiger partial charge in [0.1, 0.15) is 22.0 Å². The zero-order valence-electron chi connectivity index (χ0n) is 17.1. The van der Waals surface area contributed by atoms with Crippen LogP contribution < -0.4 is 0 Å². The molecule has 4 rings (SSSR count). The van der Waals surface area contributed by atoms with Gasteiger partial charge in [-0.05, 0) is 24.6 Å². The lowest BCUT2D eigenvalue weighted by atomic mass is 10.1. The summed E-state index contributed by atoms with van der Waals surface area (Å²) in [6.07, 6.45) is 2.50. The van der Waals surface area contributed by atoms with Gasteiger partial charge in [-0.3, -0.25) is 10.1 Å². The Morgan fingerprint density at radius 3 is 2.76 bits per heavy atom. The summed E-state index contributed by atoms with van der Waals surface area (Å²) in [5, 5.41) is 22.9. The molecule has 33 heavy (non-hydrogen) atoms. The van der Waals surface area contributed by atoms with E-state index in [9.17, 15) is 14.9 Å². The van der Waals surface area contributed by atoms with E-state index in [0.717, 1.165) is 11.6 Å². The number of ether oxygens (including phenoxy) is 1. The van der Waals surface area contributed by atoms with Gasteiger partial charge in [0.15, 0.2) is 6.61 Å². The maximum Gasteiger partial charge on any atom is 0.331 e. The molecular formula is C22H15ClN4O6. The van der Waals surface area contributed by atoms with Crippen LogP contribution in [0.1, 0.15) is 17.2 Å². The SMILES string of the molecule is Cc1onc(-c2ccccc2)c1-c1nnc(COC(=O)/C=C/c2ccc(Cl)c([N+](=O)[O-])c2)o1. The van der Waals surface area contributed by atoms with Gasteiger partial charge in [0.2, 0.25) is 0 Å². The van der Waals surface area contributed by atoms with Crippen LogP contribution in [0.25, 0.3) is 28.8 Å². The van der Waals surface area contributed by atoms with E-state index >= 15 is 0 Å². The highest BCUT2D eigenvalue weighted by Gasteiger charge is 2.22. The van der Waals surface area contributed by atoms with Crippen LogP contribution in [-0.4, -0.2) is 26.2 Å². The van der Waals surface area contributed by atoms with E-state index in [1.165, 1.54) is 24.3 Å². The van der Waals surface area contributed by atoms with Gasteiger partial charge in [-0.1, -0.05) is 53.2 Å². The highest BCUT2D eigenvalue weighted by atomic mass is 35.5. The normalized spacial score (nSPS) is 11.1. The van der Waals surface area contributed by atoms with Gasteiger partial charge in [0.05, 0.1) is 4.92 Å². The van der Waals surface area contributed by atoms with E-state index in [1.54, 1.807) is 6.92 Å². The monoisotopic (exact) mass is 466 g/mol. The van der Waals surface area contributed by atoms with Crippen LogP contribution in [0.5, 0.6) is 0 Å². The van der Waals surface area contributed by atoms with Crippen LogP contribution >= 0.6 is 11.6 Å². The Kier molecular flexibility index (Phi) is 6.27. The maximum absolute atomic E-state index is 12.0. The molecule has 2 heterocycles. The van der Waals surface area contributed by atoms with E-state index < -0.39 is 10.9 Å². The van der Waals surface area contributed by atoms with Crippen LogP contribution in [-0.2, 0) is 16.1 Å². The van der Waals surface area contributed by atoms with Crippen molar-refractivity contribution in [1.29, 1.82) is 0 Å². The van der Waals surface area contributed by atoms with Crippen molar-refractivity contribution >= 4 is 29.3 Å². The molecule has 0 fully saturated rings. The summed E-state index contributed by atoms with van der Waals surface area (Å²) in [7, 11) is 0. The molecule has 0 bridgehead atoms. The Bertz CT molecular complexity index is 1350. The third kappa shape index (κ3) is 4.96. The standard InChI is InChI=1S/C22H15ClN4O6/c1-13-20(21(26-33-13)15-5-3-2-4-6-15)22-25-24-18(32-22)12-31-19(28)10-8-14-7-9-16(23)17(11-14)27(29)30/h2-11H,12H2,1H3/b10-8+. The van der Waals surface area contributed by atoms with Gasteiger partial charge in [0.25, 0.3) is 17.5 Å². The van der Waals surface area contributed by atoms with Crippen molar-refractivity contribution in [2.45, 2.75) is 13.5 Å². The fraction of sp³-hybridized carbons (Fsp3) is 0.0909. The summed E-state index contributed by atoms with van der Waals surface area (Å²) in [6.45, 7) is 1.46. The first kappa shape index (κ1) is 21.9. The number of halogens is 1. The molecule has 0 saturated heterocycles. The molecule has 0 unspecified atom stereocenters. The van der Waals surface area contributed by atoms with Crippen LogP contribution in [0.15, 0.2) is 63.5 Å². The number of nitro groups is 1. The Balaban J connectivity index is 1.43. The van der Waals surface area contributed by atoms with Crippen LogP contribution in [0.3, 0.4) is 0 Å². The molecule has 166 valence electrons. The van der Waals surface area contributed by atoms with Crippen molar-refractivity contribution in [2.75, 3.05) is 0 Å². The van der Waals surface area contributed by atoms with Gasteiger partial charge in [-0.2, -0.15) is 0 Å². The minimum atomic E-state index is -0.696. The number of nitro benzene ring substituents is 1. The number of hydrogen-bond acceptors (Lipinski definition) is 9. The molecule has 0 amide bonds. The number of esters is 1. The van der Waals surface area contributed by atoms with Crippen molar-refractivity contribution in [3.8, 4) is 22.7 Å². The maximum atomic E-state index is 12.0. The van der Waals surface area contributed by atoms with Gasteiger partial charge in [-0.25, -0.2) is 4.79 Å². The molecule has 0 aliphatic carbocycles. The Labute approximate surface area is 191 Å². The second kappa shape index (κ2) is 9.45. The van der Waals surface area contributed by atoms with Gasteiger partial charge in [-0.15, -0.1) is 10.2 Å². The lowest BCUT2D eigenvalue weighted by Gasteiger charge is -1.99. The van der Waals surface area contributed by atoms with Crippen LogP contribution in [0, 0.1) is 17.0 Å². The molecule has 0 spiro atoms. The molecule has 11 heteroatoms. The van der Waals surface area contributed by atoms with E-state index in [1.807, 2.05) is 30.3 Å². The molecule has 4 aromatic rings. The molecule has 10 nitrogen and oxygen atoms in total. The Morgan fingerprint density at radius 1 is 1.21 bits per heavy atom. The summed E-state index contributed by atoms with van der Waals surface area (Å²) in [5.74, 6) is 0.0654. The highest BCUT2D eigenvalue weighted by Crippen LogP contribution is 2.33. The average Bonchev–Trinajstić information content (AvgIpc) is 3.43. The molecule has 0 N–H and O–H groups in total. The average molecular weight is 467 g/mol. The molecule has 0 radical (unpaired) electrons. The quantitative estimate of drug-likeness (QED) is 0.159. The number of nitrogens with zero attached hydrogens (tertiary/aromatic N) is 4. The summed E-state index contributed by atoms with van der Waals surface area (Å²) >= 11 is 5.77. The number of rotatable bonds is 7. The summed E-state index contributed by atoms with van der Waals surface area (Å²) < 4.78 is 16.0. The number of aromatic nitrogens is 3. The second-order valence-electron chi connectivity index (χ2n) is 6.74. The second-order valence-corrected chi connectivity index (χ2v) is 7.15. The predicted molar refractivity (Wildman–Crippen MR) is 117 cm³/mol. The number of carbonyl (C=O) groups is 1. The predicted octanol–water partition coefficient (Wildman–Crippen LogP) is 5.02. The van der Waals surface area contributed by atoms with Crippen LogP contribution in [0.2, 0.25) is 5.02 Å². The third-order valence-corrected chi connectivity index (χ3v) is 4.83. The van der Waals surface area contributed by atoms with Gasteiger partial charge < -0.3 is 13.7 Å². The Morgan fingerprint density at radius 2 is 2.00 bits per heavy atom.